The molecule has 0 aliphatic heterocycles. The molecule has 2 aromatic heterocycles. The molecule has 0 atom stereocenters. The van der Waals surface area contributed by atoms with Gasteiger partial charge in [0.05, 0.1) is 0 Å². The van der Waals surface area contributed by atoms with Crippen molar-refractivity contribution in [3.05, 3.63) is 97.1 Å². The van der Waals surface area contributed by atoms with Crippen LogP contribution in [-0.4, -0.2) is 20.4 Å². The molecule has 5 rings (SSSR count). The van der Waals surface area contributed by atoms with E-state index in [0.717, 1.165) is 0 Å². The summed E-state index contributed by atoms with van der Waals surface area (Å²) in [6.45, 7) is 0. The van der Waals surface area contributed by atoms with E-state index in [1.165, 1.54) is 0 Å². The molecule has 0 unspecified atom stereocenters. The molecule has 0 aliphatic rings. The van der Waals surface area contributed by atoms with Gasteiger partial charge in [-0.05, 0) is 60.7 Å². The van der Waals surface area contributed by atoms with Gasteiger partial charge in [-0.15, -0.1) is 20.4 Å². The maximum atomic E-state index is 5.94. The Kier molecular flexibility index (Phi) is 6.39. The zero-order chi connectivity index (χ0) is 24.7. The minimum atomic E-state index is 0.320. The van der Waals surface area contributed by atoms with E-state index in [4.69, 9.17) is 30.4 Å². The SMILES string of the molecule is Nc1ccc(Oc2cccc(Oc3ccc(Oc4cccc(Oc5ccc(N)nn5)c4)cc3)c2)nn1. The molecule has 0 aliphatic carbocycles. The first kappa shape index (κ1) is 22.4. The average Bonchev–Trinajstić information content (AvgIpc) is 2.89. The van der Waals surface area contributed by atoms with E-state index >= 15 is 0 Å². The van der Waals surface area contributed by atoms with Crippen LogP contribution in [0.1, 0.15) is 0 Å². The predicted molar refractivity (Wildman–Crippen MR) is 133 cm³/mol. The molecule has 0 bridgehead atoms. The Hall–Kier alpha value is -5.38. The highest BCUT2D eigenvalue weighted by Gasteiger charge is 2.06. The Balaban J connectivity index is 1.21. The van der Waals surface area contributed by atoms with Gasteiger partial charge in [-0.25, -0.2) is 0 Å². The monoisotopic (exact) mass is 480 g/mol. The molecule has 0 radical (unpaired) electrons. The van der Waals surface area contributed by atoms with Crippen LogP contribution >= 0.6 is 0 Å². The first-order valence-electron chi connectivity index (χ1n) is 10.8. The van der Waals surface area contributed by atoms with Crippen LogP contribution in [0.5, 0.6) is 46.3 Å². The van der Waals surface area contributed by atoms with Crippen LogP contribution in [0.15, 0.2) is 97.1 Å². The summed E-state index contributed by atoms with van der Waals surface area (Å²) in [4.78, 5) is 0. The van der Waals surface area contributed by atoms with E-state index in [2.05, 4.69) is 20.4 Å². The summed E-state index contributed by atoms with van der Waals surface area (Å²) < 4.78 is 23.3. The van der Waals surface area contributed by atoms with Crippen molar-refractivity contribution in [2.45, 2.75) is 0 Å². The van der Waals surface area contributed by atoms with Gasteiger partial charge in [0.1, 0.15) is 46.1 Å². The van der Waals surface area contributed by atoms with E-state index in [9.17, 15) is 0 Å². The van der Waals surface area contributed by atoms with Crippen LogP contribution in [0.4, 0.5) is 11.6 Å². The Morgan fingerprint density at radius 3 is 1.14 bits per heavy atom. The van der Waals surface area contributed by atoms with Crippen molar-refractivity contribution >= 4 is 11.6 Å². The second-order valence-electron chi connectivity index (χ2n) is 7.42. The molecule has 10 nitrogen and oxygen atoms in total. The first-order valence-corrected chi connectivity index (χ1v) is 10.8. The fraction of sp³-hybridized carbons (Fsp3) is 0. The first-order chi connectivity index (χ1) is 17.6. The molecule has 2 heterocycles. The number of ether oxygens (including phenoxy) is 4. The predicted octanol–water partition coefficient (Wildman–Crippen LogP) is 5.60. The zero-order valence-corrected chi connectivity index (χ0v) is 18.8. The van der Waals surface area contributed by atoms with Crippen molar-refractivity contribution in [3.63, 3.8) is 0 Å². The molecule has 0 saturated heterocycles. The topological polar surface area (TPSA) is 141 Å². The summed E-state index contributed by atoms with van der Waals surface area (Å²) in [5, 5.41) is 15.3. The molecule has 0 amide bonds. The third kappa shape index (κ3) is 5.94. The lowest BCUT2D eigenvalue weighted by Gasteiger charge is -2.10. The maximum absolute atomic E-state index is 5.94. The van der Waals surface area contributed by atoms with Gasteiger partial charge in [0.15, 0.2) is 0 Å². The fourth-order valence-electron chi connectivity index (χ4n) is 3.06. The van der Waals surface area contributed by atoms with Crippen molar-refractivity contribution < 1.29 is 18.9 Å². The number of benzene rings is 3. The van der Waals surface area contributed by atoms with Gasteiger partial charge < -0.3 is 30.4 Å². The van der Waals surface area contributed by atoms with Crippen molar-refractivity contribution in [2.24, 2.45) is 0 Å². The number of rotatable bonds is 8. The fourth-order valence-corrected chi connectivity index (χ4v) is 3.06. The summed E-state index contributed by atoms with van der Waals surface area (Å²) in [6.07, 6.45) is 0. The van der Waals surface area contributed by atoms with E-state index in [1.54, 1.807) is 72.8 Å². The molecule has 4 N–H and O–H groups in total. The summed E-state index contributed by atoms with van der Waals surface area (Å²) in [5.41, 5.74) is 11.1. The molecule has 5 aromatic rings. The van der Waals surface area contributed by atoms with Gasteiger partial charge in [-0.1, -0.05) is 12.1 Å². The van der Waals surface area contributed by atoms with Crippen molar-refractivity contribution in [2.75, 3.05) is 11.5 Å². The lowest BCUT2D eigenvalue weighted by molar-refractivity contribution is 0.440. The van der Waals surface area contributed by atoms with Crippen LogP contribution in [0.2, 0.25) is 0 Å². The number of nitrogens with zero attached hydrogens (tertiary/aromatic N) is 4. The van der Waals surface area contributed by atoms with Crippen LogP contribution < -0.4 is 30.4 Å². The lowest BCUT2D eigenvalue weighted by Crippen LogP contribution is -1.95. The second-order valence-corrected chi connectivity index (χ2v) is 7.42. The average molecular weight is 480 g/mol. The number of anilines is 2. The minimum absolute atomic E-state index is 0.320. The highest BCUT2D eigenvalue weighted by atomic mass is 16.5. The van der Waals surface area contributed by atoms with Crippen molar-refractivity contribution in [1.82, 2.24) is 20.4 Å². The second kappa shape index (κ2) is 10.3. The van der Waals surface area contributed by atoms with Crippen LogP contribution in [0.25, 0.3) is 0 Å². The molecule has 0 fully saturated rings. The van der Waals surface area contributed by atoms with Gasteiger partial charge in [0, 0.05) is 24.3 Å². The largest absolute Gasteiger partial charge is 0.457 e. The molecule has 3 aromatic carbocycles. The molecule has 0 saturated carbocycles. The van der Waals surface area contributed by atoms with E-state index in [0.29, 0.717) is 57.9 Å². The van der Waals surface area contributed by atoms with Crippen molar-refractivity contribution in [1.29, 1.82) is 0 Å². The lowest BCUT2D eigenvalue weighted by atomic mass is 10.3. The smallest absolute Gasteiger partial charge is 0.238 e. The van der Waals surface area contributed by atoms with Crippen LogP contribution in [0.3, 0.4) is 0 Å². The zero-order valence-electron chi connectivity index (χ0n) is 18.8. The van der Waals surface area contributed by atoms with Gasteiger partial charge in [-0.2, -0.15) is 0 Å². The third-order valence-electron chi connectivity index (χ3n) is 4.67. The summed E-state index contributed by atoms with van der Waals surface area (Å²) >= 11 is 0. The van der Waals surface area contributed by atoms with Crippen molar-refractivity contribution in [3.8, 4) is 46.3 Å². The molecular formula is C26H20N6O4. The number of nitrogen functional groups attached to an aromatic ring is 2. The summed E-state index contributed by atoms with van der Waals surface area (Å²) in [6, 6.07) is 28.1. The molecular weight excluding hydrogens is 460 g/mol. The standard InChI is InChI=1S/C26H20N6O4/c27-23-11-13-25(31-29-23)35-21-5-1-3-19(15-21)33-17-7-9-18(10-8-17)34-20-4-2-6-22(16-20)36-26-14-12-24(28)30-32-26/h1-16H,(H2,27,29)(H2,28,30). The molecule has 36 heavy (non-hydrogen) atoms. The minimum Gasteiger partial charge on any atom is -0.457 e. The normalized spacial score (nSPS) is 10.4. The van der Waals surface area contributed by atoms with Gasteiger partial charge in [0.2, 0.25) is 11.8 Å². The number of aromatic nitrogens is 4. The highest BCUT2D eigenvalue weighted by Crippen LogP contribution is 2.31. The number of nitrogens with two attached hydrogens (primary N) is 2. The Morgan fingerprint density at radius 1 is 0.389 bits per heavy atom. The van der Waals surface area contributed by atoms with Gasteiger partial charge >= 0.3 is 0 Å². The summed E-state index contributed by atoms with van der Waals surface area (Å²) in [5.74, 6) is 4.87. The third-order valence-corrected chi connectivity index (χ3v) is 4.67. The summed E-state index contributed by atoms with van der Waals surface area (Å²) in [7, 11) is 0. The number of hydrogen-bond donors (Lipinski definition) is 2. The molecule has 178 valence electrons. The maximum Gasteiger partial charge on any atom is 0.238 e. The van der Waals surface area contributed by atoms with E-state index in [-0.39, 0.29) is 0 Å². The van der Waals surface area contributed by atoms with Crippen LogP contribution in [-0.2, 0) is 0 Å². The Bertz CT molecular complexity index is 1330. The molecule has 0 spiro atoms. The number of hydrogen-bond acceptors (Lipinski definition) is 10. The Labute approximate surface area is 206 Å². The highest BCUT2D eigenvalue weighted by molar-refractivity contribution is 5.42. The molecule has 10 heteroatoms. The van der Waals surface area contributed by atoms with Gasteiger partial charge in [0.25, 0.3) is 0 Å². The quantitative estimate of drug-likeness (QED) is 0.288. The Morgan fingerprint density at radius 2 is 0.778 bits per heavy atom. The van der Waals surface area contributed by atoms with Gasteiger partial charge in [-0.3, -0.25) is 0 Å². The van der Waals surface area contributed by atoms with E-state index < -0.39 is 0 Å². The van der Waals surface area contributed by atoms with E-state index in [1.807, 2.05) is 24.3 Å². The van der Waals surface area contributed by atoms with Crippen LogP contribution in [0, 0.1) is 0 Å².